The van der Waals surface area contributed by atoms with E-state index in [1.54, 1.807) is 6.08 Å². The highest BCUT2D eigenvalue weighted by atomic mass is 32.2. The van der Waals surface area contributed by atoms with Gasteiger partial charge in [0, 0.05) is 17.1 Å². The summed E-state index contributed by atoms with van der Waals surface area (Å²) >= 11 is 1.40. The van der Waals surface area contributed by atoms with Crippen molar-refractivity contribution < 1.29 is 9.53 Å². The standard InChI is InChI=1S/C26H31N5O2S/c1-5-7-8-9-10-23-29-31-24(27)22(25(32)28-26(31)34-23)16-19-15-17(3)30(18(19)4)20-11-13-21(14-12-20)33-6-2/h11-16,27H,5-10H2,1-4H3/b22-16-,27-24?. The van der Waals surface area contributed by atoms with Crippen molar-refractivity contribution >= 4 is 39.8 Å². The number of unbranched alkanes of at least 4 members (excludes halogenated alkanes) is 3. The number of hydrogen-bond acceptors (Lipinski definition) is 5. The highest BCUT2D eigenvalue weighted by Crippen LogP contribution is 2.31. The number of aliphatic imine (C=N–C) groups is 1. The summed E-state index contributed by atoms with van der Waals surface area (Å²) in [5, 5.41) is 16.1. The maximum Gasteiger partial charge on any atom is 0.283 e. The summed E-state index contributed by atoms with van der Waals surface area (Å²) in [4.78, 5) is 17.1. The van der Waals surface area contributed by atoms with Crippen molar-refractivity contribution in [3.8, 4) is 11.4 Å². The van der Waals surface area contributed by atoms with Gasteiger partial charge < -0.3 is 9.30 Å². The molecule has 1 aromatic carbocycles. The van der Waals surface area contributed by atoms with E-state index in [2.05, 4.69) is 21.6 Å². The Labute approximate surface area is 205 Å². The molecular weight excluding hydrogens is 446 g/mol. The van der Waals surface area contributed by atoms with Gasteiger partial charge in [0.1, 0.15) is 10.8 Å². The van der Waals surface area contributed by atoms with Crippen LogP contribution < -0.4 is 4.74 Å². The Balaban J connectivity index is 1.58. The molecule has 0 radical (unpaired) electrons. The van der Waals surface area contributed by atoms with Gasteiger partial charge in [-0.05, 0) is 87.3 Å². The molecule has 0 saturated heterocycles. The normalized spacial score (nSPS) is 16.7. The number of nitrogens with one attached hydrogen (secondary N) is 1. The van der Waals surface area contributed by atoms with Gasteiger partial charge in [0.15, 0.2) is 5.84 Å². The smallest absolute Gasteiger partial charge is 0.283 e. The Bertz CT molecular complexity index is 1190. The van der Waals surface area contributed by atoms with E-state index in [4.69, 9.17) is 10.1 Å². The van der Waals surface area contributed by atoms with Gasteiger partial charge in [-0.1, -0.05) is 26.2 Å². The SMILES string of the molecule is CCCCCCC1=NN2C(=N)/C(=C/c3cc(C)n(-c4ccc(OCC)cc4)c3C)C(=O)N=C2S1. The molecule has 2 aliphatic rings. The summed E-state index contributed by atoms with van der Waals surface area (Å²) in [6.45, 7) is 8.82. The molecule has 2 aromatic rings. The number of aryl methyl sites for hydroxylation is 1. The molecule has 1 aromatic heterocycles. The quantitative estimate of drug-likeness (QED) is 0.350. The Morgan fingerprint density at radius 2 is 1.88 bits per heavy atom. The number of amides is 1. The molecule has 1 N–H and O–H groups in total. The minimum absolute atomic E-state index is 0.0805. The zero-order valence-corrected chi connectivity index (χ0v) is 21.0. The van der Waals surface area contributed by atoms with Crippen LogP contribution in [-0.4, -0.2) is 38.1 Å². The number of hydrazone groups is 1. The minimum atomic E-state index is -0.392. The lowest BCUT2D eigenvalue weighted by Gasteiger charge is -2.20. The van der Waals surface area contributed by atoms with Crippen LogP contribution in [0.1, 0.15) is 62.9 Å². The van der Waals surface area contributed by atoms with Gasteiger partial charge in [-0.2, -0.15) is 15.1 Å². The van der Waals surface area contributed by atoms with Crippen LogP contribution >= 0.6 is 11.8 Å². The monoisotopic (exact) mass is 477 g/mol. The zero-order valence-electron chi connectivity index (χ0n) is 20.2. The molecule has 7 nitrogen and oxygen atoms in total. The fourth-order valence-electron chi connectivity index (χ4n) is 4.18. The number of nitrogens with zero attached hydrogens (tertiary/aromatic N) is 4. The molecule has 0 bridgehead atoms. The zero-order chi connectivity index (χ0) is 24.2. The van der Waals surface area contributed by atoms with E-state index in [1.807, 2.05) is 51.1 Å². The van der Waals surface area contributed by atoms with Crippen molar-refractivity contribution in [1.82, 2.24) is 9.58 Å². The molecule has 34 heavy (non-hydrogen) atoms. The van der Waals surface area contributed by atoms with Crippen molar-refractivity contribution in [2.24, 2.45) is 10.1 Å². The van der Waals surface area contributed by atoms with Crippen molar-refractivity contribution in [3.63, 3.8) is 0 Å². The summed E-state index contributed by atoms with van der Waals surface area (Å²) < 4.78 is 7.68. The van der Waals surface area contributed by atoms with E-state index in [0.717, 1.165) is 52.7 Å². The third kappa shape index (κ3) is 4.87. The lowest BCUT2D eigenvalue weighted by Crippen LogP contribution is -2.35. The predicted molar refractivity (Wildman–Crippen MR) is 140 cm³/mol. The summed E-state index contributed by atoms with van der Waals surface area (Å²) in [6.07, 6.45) is 7.22. The van der Waals surface area contributed by atoms with Crippen LogP contribution in [-0.2, 0) is 4.79 Å². The largest absolute Gasteiger partial charge is 0.494 e. The summed E-state index contributed by atoms with van der Waals surface area (Å²) in [5.41, 5.74) is 4.18. The van der Waals surface area contributed by atoms with Crippen LogP contribution in [0.15, 0.2) is 46.0 Å². The topological polar surface area (TPSA) is 83.0 Å². The van der Waals surface area contributed by atoms with Gasteiger partial charge in [0.2, 0.25) is 5.17 Å². The van der Waals surface area contributed by atoms with Crippen LogP contribution in [0.5, 0.6) is 5.75 Å². The molecular formula is C26H31N5O2S. The van der Waals surface area contributed by atoms with Crippen LogP contribution in [0.4, 0.5) is 0 Å². The Hall–Kier alpha value is -3.13. The molecule has 3 heterocycles. The summed E-state index contributed by atoms with van der Waals surface area (Å²) in [5.74, 6) is 0.522. The number of amidine groups is 2. The van der Waals surface area contributed by atoms with Gasteiger partial charge in [-0.25, -0.2) is 0 Å². The second kappa shape index (κ2) is 10.4. The highest BCUT2D eigenvalue weighted by Gasteiger charge is 2.35. The molecule has 0 spiro atoms. The molecule has 0 atom stereocenters. The van der Waals surface area contributed by atoms with Gasteiger partial charge in [-0.3, -0.25) is 10.2 Å². The third-order valence-electron chi connectivity index (χ3n) is 5.92. The fraction of sp³-hybridized carbons (Fsp3) is 0.385. The van der Waals surface area contributed by atoms with Gasteiger partial charge in [-0.15, -0.1) is 0 Å². The number of benzene rings is 1. The number of hydrogen-bond donors (Lipinski definition) is 1. The number of aromatic nitrogens is 1. The maximum absolute atomic E-state index is 12.8. The van der Waals surface area contributed by atoms with Crippen LogP contribution in [0.2, 0.25) is 0 Å². The van der Waals surface area contributed by atoms with E-state index in [-0.39, 0.29) is 11.4 Å². The summed E-state index contributed by atoms with van der Waals surface area (Å²) in [7, 11) is 0. The number of ether oxygens (including phenoxy) is 1. The fourth-order valence-corrected chi connectivity index (χ4v) is 5.11. The van der Waals surface area contributed by atoms with Crippen molar-refractivity contribution in [1.29, 1.82) is 5.41 Å². The lowest BCUT2D eigenvalue weighted by molar-refractivity contribution is -0.114. The van der Waals surface area contributed by atoms with Gasteiger partial charge in [0.25, 0.3) is 5.91 Å². The number of fused-ring (bicyclic) bond motifs is 1. The summed E-state index contributed by atoms with van der Waals surface area (Å²) in [6, 6.07) is 9.97. The lowest BCUT2D eigenvalue weighted by atomic mass is 10.1. The third-order valence-corrected chi connectivity index (χ3v) is 6.88. The van der Waals surface area contributed by atoms with Gasteiger partial charge >= 0.3 is 0 Å². The molecule has 0 fully saturated rings. The van der Waals surface area contributed by atoms with Crippen molar-refractivity contribution in [3.05, 3.63) is 52.9 Å². The Kier molecular flexibility index (Phi) is 7.36. The van der Waals surface area contributed by atoms with E-state index in [1.165, 1.54) is 29.6 Å². The number of carbonyl (C=O) groups is 1. The van der Waals surface area contributed by atoms with E-state index >= 15 is 0 Å². The highest BCUT2D eigenvalue weighted by molar-refractivity contribution is 8.26. The molecule has 4 rings (SSSR count). The predicted octanol–water partition coefficient (Wildman–Crippen LogP) is 6.08. The first-order valence-corrected chi connectivity index (χ1v) is 12.7. The number of carbonyl (C=O) groups excluding carboxylic acids is 1. The van der Waals surface area contributed by atoms with E-state index < -0.39 is 5.91 Å². The molecule has 0 saturated carbocycles. The maximum atomic E-state index is 12.8. The molecule has 178 valence electrons. The van der Waals surface area contributed by atoms with Crippen LogP contribution in [0, 0.1) is 19.3 Å². The van der Waals surface area contributed by atoms with Crippen molar-refractivity contribution in [2.75, 3.05) is 6.61 Å². The minimum Gasteiger partial charge on any atom is -0.494 e. The van der Waals surface area contributed by atoms with Crippen LogP contribution in [0.25, 0.3) is 11.8 Å². The molecule has 8 heteroatoms. The van der Waals surface area contributed by atoms with E-state index in [0.29, 0.717) is 11.8 Å². The molecule has 0 unspecified atom stereocenters. The first-order chi connectivity index (χ1) is 16.4. The average molecular weight is 478 g/mol. The second-order valence-electron chi connectivity index (χ2n) is 8.41. The molecule has 1 amide bonds. The Morgan fingerprint density at radius 1 is 1.12 bits per heavy atom. The second-order valence-corrected chi connectivity index (χ2v) is 9.45. The van der Waals surface area contributed by atoms with Gasteiger partial charge in [0.05, 0.1) is 12.2 Å². The van der Waals surface area contributed by atoms with E-state index in [9.17, 15) is 4.79 Å². The van der Waals surface area contributed by atoms with Crippen LogP contribution in [0.3, 0.4) is 0 Å². The molecule has 2 aliphatic heterocycles. The average Bonchev–Trinajstić information content (AvgIpc) is 3.35. The molecule has 0 aliphatic carbocycles. The first kappa shape index (κ1) is 24.0. The number of thioether (sulfide) groups is 1. The number of rotatable bonds is 9. The Morgan fingerprint density at radius 3 is 2.59 bits per heavy atom. The van der Waals surface area contributed by atoms with Crippen molar-refractivity contribution in [2.45, 2.75) is 59.8 Å². The first-order valence-electron chi connectivity index (χ1n) is 11.8.